The third-order valence-corrected chi connectivity index (χ3v) is 3.58. The fourth-order valence-corrected chi connectivity index (χ4v) is 2.46. The van der Waals surface area contributed by atoms with E-state index >= 15 is 0 Å². The van der Waals surface area contributed by atoms with Crippen LogP contribution in [0.1, 0.15) is 25.3 Å². The highest BCUT2D eigenvalue weighted by Gasteiger charge is 2.30. The van der Waals surface area contributed by atoms with E-state index in [9.17, 15) is 14.0 Å². The molecule has 2 amide bonds. The van der Waals surface area contributed by atoms with Crippen molar-refractivity contribution in [1.82, 2.24) is 10.2 Å². The molecule has 1 N–H and O–H groups in total. The van der Waals surface area contributed by atoms with Gasteiger partial charge in [0.05, 0.1) is 0 Å². The molecule has 0 aliphatic carbocycles. The first-order valence-corrected chi connectivity index (χ1v) is 6.93. The fourth-order valence-electron chi connectivity index (χ4n) is 2.46. The molecule has 0 radical (unpaired) electrons. The number of carbonyl (C=O) groups excluding carboxylic acids is 2. The molecule has 1 saturated heterocycles. The lowest BCUT2D eigenvalue weighted by Gasteiger charge is -2.34. The summed E-state index contributed by atoms with van der Waals surface area (Å²) in [6.07, 6.45) is 1.53. The van der Waals surface area contributed by atoms with Crippen molar-refractivity contribution >= 4 is 11.8 Å². The molecule has 108 valence electrons. The summed E-state index contributed by atoms with van der Waals surface area (Å²) in [5, 5.41) is 2.77. The summed E-state index contributed by atoms with van der Waals surface area (Å²) in [7, 11) is 0. The Kier molecular flexibility index (Phi) is 4.71. The molecule has 0 spiro atoms. The van der Waals surface area contributed by atoms with E-state index in [1.54, 1.807) is 17.0 Å². The highest BCUT2D eigenvalue weighted by atomic mass is 19.1. The summed E-state index contributed by atoms with van der Waals surface area (Å²) in [6, 6.07) is 5.79. The van der Waals surface area contributed by atoms with Crippen molar-refractivity contribution in [2.75, 3.05) is 13.1 Å². The Bertz CT molecular complexity index is 487. The summed E-state index contributed by atoms with van der Waals surface area (Å²) in [5.74, 6) is -0.372. The lowest BCUT2D eigenvalue weighted by molar-refractivity contribution is -0.143. The smallest absolute Gasteiger partial charge is 0.242 e. The van der Waals surface area contributed by atoms with E-state index in [1.807, 2.05) is 6.92 Å². The Hall–Kier alpha value is -1.91. The van der Waals surface area contributed by atoms with Gasteiger partial charge in [-0.2, -0.15) is 0 Å². The lowest BCUT2D eigenvalue weighted by atomic mass is 10.1. The summed E-state index contributed by atoms with van der Waals surface area (Å²) in [4.78, 5) is 25.6. The van der Waals surface area contributed by atoms with Crippen LogP contribution in [0.4, 0.5) is 4.39 Å². The molecule has 1 heterocycles. The van der Waals surface area contributed by atoms with E-state index in [-0.39, 0.29) is 23.7 Å². The largest absolute Gasteiger partial charge is 0.353 e. The van der Waals surface area contributed by atoms with Gasteiger partial charge in [0.15, 0.2) is 0 Å². The van der Waals surface area contributed by atoms with Gasteiger partial charge in [0.2, 0.25) is 11.8 Å². The van der Waals surface area contributed by atoms with Crippen molar-refractivity contribution in [3.63, 3.8) is 0 Å². The second-order valence-corrected chi connectivity index (χ2v) is 4.93. The Morgan fingerprint density at radius 3 is 2.75 bits per heavy atom. The first kappa shape index (κ1) is 14.5. The van der Waals surface area contributed by atoms with Crippen LogP contribution in [0.25, 0.3) is 0 Å². The average Bonchev–Trinajstić information content (AvgIpc) is 2.46. The molecule has 5 heteroatoms. The van der Waals surface area contributed by atoms with Gasteiger partial charge in [0.25, 0.3) is 0 Å². The molecule has 1 aliphatic rings. The predicted molar refractivity (Wildman–Crippen MR) is 73.5 cm³/mol. The number of hydrogen-bond donors (Lipinski definition) is 1. The second-order valence-electron chi connectivity index (χ2n) is 4.93. The third-order valence-electron chi connectivity index (χ3n) is 3.58. The van der Waals surface area contributed by atoms with Gasteiger partial charge in [0.1, 0.15) is 11.9 Å². The van der Waals surface area contributed by atoms with Crippen molar-refractivity contribution in [1.29, 1.82) is 0 Å². The minimum atomic E-state index is -0.357. The van der Waals surface area contributed by atoms with Crippen LogP contribution in [0.2, 0.25) is 0 Å². The Morgan fingerprint density at radius 1 is 1.40 bits per heavy atom. The maximum Gasteiger partial charge on any atom is 0.242 e. The van der Waals surface area contributed by atoms with Crippen LogP contribution in [0.3, 0.4) is 0 Å². The first-order valence-electron chi connectivity index (χ1n) is 6.93. The number of aryl methyl sites for hydroxylation is 1. The van der Waals surface area contributed by atoms with Gasteiger partial charge in [-0.1, -0.05) is 19.1 Å². The van der Waals surface area contributed by atoms with E-state index in [2.05, 4.69) is 5.32 Å². The molecule has 0 bridgehead atoms. The Morgan fingerprint density at radius 2 is 2.10 bits per heavy atom. The van der Waals surface area contributed by atoms with Crippen molar-refractivity contribution in [3.05, 3.63) is 35.6 Å². The van der Waals surface area contributed by atoms with Crippen LogP contribution in [0.15, 0.2) is 24.3 Å². The zero-order valence-corrected chi connectivity index (χ0v) is 11.6. The van der Waals surface area contributed by atoms with Crippen molar-refractivity contribution in [3.8, 4) is 0 Å². The molecule has 1 atom stereocenters. The van der Waals surface area contributed by atoms with Crippen molar-refractivity contribution < 1.29 is 14.0 Å². The van der Waals surface area contributed by atoms with Gasteiger partial charge < -0.3 is 10.2 Å². The molecule has 2 rings (SSSR count). The number of nitrogens with zero attached hydrogens (tertiary/aromatic N) is 1. The molecular formula is C15H19FN2O2. The zero-order valence-electron chi connectivity index (χ0n) is 11.6. The molecular weight excluding hydrogens is 259 g/mol. The minimum Gasteiger partial charge on any atom is -0.353 e. The van der Waals surface area contributed by atoms with E-state index < -0.39 is 0 Å². The lowest BCUT2D eigenvalue weighted by Crippen LogP contribution is -2.56. The van der Waals surface area contributed by atoms with Crippen molar-refractivity contribution in [2.45, 2.75) is 32.2 Å². The van der Waals surface area contributed by atoms with Crippen LogP contribution in [0, 0.1) is 5.82 Å². The zero-order chi connectivity index (χ0) is 14.5. The summed E-state index contributed by atoms with van der Waals surface area (Å²) < 4.78 is 12.8. The normalized spacial score (nSPS) is 18.8. The maximum absolute atomic E-state index is 12.8. The van der Waals surface area contributed by atoms with E-state index in [0.29, 0.717) is 32.4 Å². The highest BCUT2D eigenvalue weighted by molar-refractivity contribution is 5.88. The van der Waals surface area contributed by atoms with E-state index in [0.717, 1.165) is 5.56 Å². The average molecular weight is 278 g/mol. The summed E-state index contributed by atoms with van der Waals surface area (Å²) in [6.45, 7) is 2.97. The number of benzene rings is 1. The number of piperazine rings is 1. The maximum atomic E-state index is 12.8. The highest BCUT2D eigenvalue weighted by Crippen LogP contribution is 2.12. The van der Waals surface area contributed by atoms with Crippen LogP contribution in [-0.2, 0) is 16.0 Å². The predicted octanol–water partition coefficient (Wildman–Crippen LogP) is 1.50. The molecule has 1 aliphatic heterocycles. The van der Waals surface area contributed by atoms with Gasteiger partial charge >= 0.3 is 0 Å². The SMILES string of the molecule is CCC1C(=O)NCCN1C(=O)CCc1ccc(F)cc1. The molecule has 0 aromatic heterocycles. The molecule has 4 nitrogen and oxygen atoms in total. The molecule has 1 aromatic carbocycles. The van der Waals surface area contributed by atoms with Gasteiger partial charge in [-0.05, 0) is 30.5 Å². The van der Waals surface area contributed by atoms with Gasteiger partial charge in [-0.15, -0.1) is 0 Å². The Balaban J connectivity index is 1.93. The van der Waals surface area contributed by atoms with Crippen molar-refractivity contribution in [2.24, 2.45) is 0 Å². The van der Waals surface area contributed by atoms with E-state index in [4.69, 9.17) is 0 Å². The molecule has 1 fully saturated rings. The number of halogens is 1. The summed E-state index contributed by atoms with van der Waals surface area (Å²) in [5.41, 5.74) is 0.925. The van der Waals surface area contributed by atoms with E-state index in [1.165, 1.54) is 12.1 Å². The molecule has 20 heavy (non-hydrogen) atoms. The van der Waals surface area contributed by atoms with Crippen LogP contribution in [0.5, 0.6) is 0 Å². The summed E-state index contributed by atoms with van der Waals surface area (Å²) >= 11 is 0. The van der Waals surface area contributed by atoms with Gasteiger partial charge in [-0.3, -0.25) is 9.59 Å². The quantitative estimate of drug-likeness (QED) is 0.907. The van der Waals surface area contributed by atoms with Crippen LogP contribution >= 0.6 is 0 Å². The first-order chi connectivity index (χ1) is 9.61. The Labute approximate surface area is 118 Å². The number of carbonyl (C=O) groups is 2. The topological polar surface area (TPSA) is 49.4 Å². The fraction of sp³-hybridized carbons (Fsp3) is 0.467. The number of hydrogen-bond acceptors (Lipinski definition) is 2. The number of rotatable bonds is 4. The standard InChI is InChI=1S/C15H19FN2O2/c1-2-13-15(20)17-9-10-18(13)14(19)8-5-11-3-6-12(16)7-4-11/h3-4,6-7,13H,2,5,8-10H2,1H3,(H,17,20). The van der Waals surface area contributed by atoms with Crippen LogP contribution < -0.4 is 5.32 Å². The van der Waals surface area contributed by atoms with Gasteiger partial charge in [-0.25, -0.2) is 4.39 Å². The van der Waals surface area contributed by atoms with Crippen LogP contribution in [-0.4, -0.2) is 35.8 Å². The minimum absolute atomic E-state index is 0.0176. The monoisotopic (exact) mass is 278 g/mol. The molecule has 1 unspecified atom stereocenters. The molecule has 0 saturated carbocycles. The van der Waals surface area contributed by atoms with Gasteiger partial charge in [0, 0.05) is 19.5 Å². The molecule has 1 aromatic rings. The number of amides is 2. The third kappa shape index (κ3) is 3.35. The second kappa shape index (κ2) is 6.50. The number of nitrogens with one attached hydrogen (secondary N) is 1.